The lowest BCUT2D eigenvalue weighted by molar-refractivity contribution is -0.306. The van der Waals surface area contributed by atoms with Crippen LogP contribution in [0.1, 0.15) is 112 Å². The molecule has 0 saturated carbocycles. The fraction of sp³-hybridized carbons (Fsp3) is 0.812. The highest BCUT2D eigenvalue weighted by molar-refractivity contribution is 7.80. The van der Waals surface area contributed by atoms with Gasteiger partial charge in [-0.2, -0.15) is 0 Å². The van der Waals surface area contributed by atoms with Crippen LogP contribution < -0.4 is 10.6 Å². The second-order valence-electron chi connectivity index (χ2n) is 19.5. The van der Waals surface area contributed by atoms with Gasteiger partial charge >= 0.3 is 5.97 Å². The van der Waals surface area contributed by atoms with Gasteiger partial charge in [-0.1, -0.05) is 39.0 Å². The molecule has 1 aromatic rings. The van der Waals surface area contributed by atoms with Gasteiger partial charge in [-0.25, -0.2) is 0 Å². The molecule has 3 rings (SSSR count). The van der Waals surface area contributed by atoms with Gasteiger partial charge in [0.25, 0.3) is 5.91 Å². The molecule has 2 saturated heterocycles. The summed E-state index contributed by atoms with van der Waals surface area (Å²) in [4.78, 5) is 31.1. The second kappa shape index (κ2) is 26.5. The molecule has 2 fully saturated rings. The number of aliphatic hydroxyl groups is 5. The van der Waals surface area contributed by atoms with Crippen LogP contribution in [-0.4, -0.2) is 184 Å². The number of nitrogens with zero attached hydrogens (tertiary/aromatic N) is 2. The maximum atomic E-state index is 14.5. The van der Waals surface area contributed by atoms with Crippen molar-refractivity contribution in [2.75, 3.05) is 47.4 Å². The summed E-state index contributed by atoms with van der Waals surface area (Å²) < 4.78 is 37.6. The number of thiocarbonyl (C=S) groups is 1. The summed E-state index contributed by atoms with van der Waals surface area (Å²) in [5, 5.41) is 65.1. The number of methoxy groups -OCH3 is 1. The molecule has 18 heteroatoms. The van der Waals surface area contributed by atoms with Crippen LogP contribution in [0.3, 0.4) is 0 Å². The van der Waals surface area contributed by atoms with Crippen LogP contribution in [0.15, 0.2) is 30.3 Å². The molecular weight excluding hydrogens is 873 g/mol. The maximum absolute atomic E-state index is 14.5. The number of ether oxygens (including phenoxy) is 6. The summed E-state index contributed by atoms with van der Waals surface area (Å²) in [5.41, 5.74) is -3.11. The Morgan fingerprint density at radius 2 is 1.73 bits per heavy atom. The van der Waals surface area contributed by atoms with Crippen molar-refractivity contribution in [3.8, 4) is 0 Å². The van der Waals surface area contributed by atoms with E-state index in [1.807, 2.05) is 43.8 Å². The summed E-state index contributed by atoms with van der Waals surface area (Å²) in [5.74, 6) is -3.23. The number of likely N-dealkylation sites (N-methyl/N-ethyl adjacent to an activating group) is 1. The first-order valence-electron chi connectivity index (χ1n) is 23.7. The van der Waals surface area contributed by atoms with Crippen molar-refractivity contribution in [1.82, 2.24) is 20.4 Å². The molecule has 17 atom stereocenters. The fourth-order valence-electron chi connectivity index (χ4n) is 9.33. The monoisotopic (exact) mass is 957 g/mol. The molecular formula is C48H84N4O13S. The highest BCUT2D eigenvalue weighted by Gasteiger charge is 2.51. The summed E-state index contributed by atoms with van der Waals surface area (Å²) in [7, 11) is 5.28. The molecule has 1 amide bonds. The Morgan fingerprint density at radius 1 is 1.08 bits per heavy atom. The van der Waals surface area contributed by atoms with E-state index in [0.717, 1.165) is 0 Å². The molecule has 1 aromatic carbocycles. The van der Waals surface area contributed by atoms with E-state index in [4.69, 9.17) is 40.6 Å². The van der Waals surface area contributed by atoms with Gasteiger partial charge in [0.1, 0.15) is 23.9 Å². The number of esters is 1. The van der Waals surface area contributed by atoms with E-state index in [-0.39, 0.29) is 55.0 Å². The van der Waals surface area contributed by atoms with Gasteiger partial charge in [0.05, 0.1) is 48.6 Å². The van der Waals surface area contributed by atoms with Crippen molar-refractivity contribution in [2.24, 2.45) is 17.8 Å². The van der Waals surface area contributed by atoms with Crippen LogP contribution >= 0.6 is 12.2 Å². The zero-order valence-corrected chi connectivity index (χ0v) is 42.5. The molecule has 2 aliphatic rings. The highest BCUT2D eigenvalue weighted by Crippen LogP contribution is 2.38. The molecule has 2 heterocycles. The van der Waals surface area contributed by atoms with Crippen LogP contribution in [-0.2, 0) is 33.2 Å². The molecule has 66 heavy (non-hydrogen) atoms. The van der Waals surface area contributed by atoms with Crippen molar-refractivity contribution >= 4 is 29.2 Å². The minimum Gasteiger partial charge on any atom is -0.459 e. The number of nitrogens with one attached hydrogen (secondary N) is 2. The van der Waals surface area contributed by atoms with Crippen LogP contribution in [0, 0.1) is 17.8 Å². The van der Waals surface area contributed by atoms with Crippen molar-refractivity contribution in [3.05, 3.63) is 35.9 Å². The zero-order valence-electron chi connectivity index (χ0n) is 41.7. The molecule has 380 valence electrons. The molecule has 2 aliphatic heterocycles. The van der Waals surface area contributed by atoms with Crippen LogP contribution in [0.4, 0.5) is 0 Å². The Kier molecular flexibility index (Phi) is 23.3. The van der Waals surface area contributed by atoms with E-state index in [9.17, 15) is 35.1 Å². The maximum Gasteiger partial charge on any atom is 0.311 e. The number of hydrogen-bond acceptors (Lipinski definition) is 16. The summed E-state index contributed by atoms with van der Waals surface area (Å²) in [6, 6.07) is 7.73. The molecule has 0 unspecified atom stereocenters. The van der Waals surface area contributed by atoms with E-state index >= 15 is 0 Å². The SMILES string of the molecule is CC[C@H]1OC(=O)[C@H](C)[C@@H](O[C@@H](CCOC)O[C@@H](C)[C@@H](C)O)[C@H](C)[C@@H](O[C@@H]2O[C@H](C)C[C@H](N(C)C)[C@H]2O)[C@](C)(O)C[C@@H](C)CN(CCCNC(=S)NC(=O)c2ccccc2)[C@H](C)[C@@H](O)[C@]1(C)O. The minimum atomic E-state index is -1.92. The summed E-state index contributed by atoms with van der Waals surface area (Å²) in [6.07, 6.45) is -8.28. The highest BCUT2D eigenvalue weighted by atomic mass is 32.1. The number of cyclic esters (lactones) is 1. The first-order chi connectivity index (χ1) is 30.9. The predicted molar refractivity (Wildman–Crippen MR) is 254 cm³/mol. The third-order valence-electron chi connectivity index (χ3n) is 13.3. The number of aliphatic hydroxyl groups excluding tert-OH is 3. The third-order valence-corrected chi connectivity index (χ3v) is 13.6. The van der Waals surface area contributed by atoms with E-state index < -0.39 is 90.4 Å². The fourth-order valence-corrected chi connectivity index (χ4v) is 9.53. The van der Waals surface area contributed by atoms with Gasteiger partial charge in [-0.3, -0.25) is 19.8 Å². The first kappa shape index (κ1) is 57.9. The Bertz CT molecular complexity index is 1630. The summed E-state index contributed by atoms with van der Waals surface area (Å²) in [6.45, 7) is 18.6. The van der Waals surface area contributed by atoms with Gasteiger partial charge in [-0.15, -0.1) is 0 Å². The van der Waals surface area contributed by atoms with E-state index in [1.54, 1.807) is 72.7 Å². The van der Waals surface area contributed by atoms with Crippen molar-refractivity contribution in [2.45, 2.75) is 186 Å². The van der Waals surface area contributed by atoms with Crippen LogP contribution in [0.2, 0.25) is 0 Å². The zero-order chi connectivity index (χ0) is 49.7. The molecule has 0 radical (unpaired) electrons. The molecule has 0 aliphatic carbocycles. The van der Waals surface area contributed by atoms with E-state index in [1.165, 1.54) is 14.0 Å². The van der Waals surface area contributed by atoms with Gasteiger partial charge < -0.3 is 64.2 Å². The molecule has 17 nitrogen and oxygen atoms in total. The van der Waals surface area contributed by atoms with Crippen LogP contribution in [0.5, 0.6) is 0 Å². The molecule has 0 spiro atoms. The lowest BCUT2D eigenvalue weighted by Gasteiger charge is -2.47. The predicted octanol–water partition coefficient (Wildman–Crippen LogP) is 3.21. The second-order valence-corrected chi connectivity index (χ2v) is 19.9. The van der Waals surface area contributed by atoms with Crippen LogP contribution in [0.25, 0.3) is 0 Å². The lowest BCUT2D eigenvalue weighted by Crippen LogP contribution is -2.59. The van der Waals surface area contributed by atoms with Gasteiger partial charge in [0.15, 0.2) is 17.7 Å². The van der Waals surface area contributed by atoms with Gasteiger partial charge in [-0.05, 0) is 119 Å². The van der Waals surface area contributed by atoms with E-state index in [0.29, 0.717) is 38.0 Å². The Hall–Kier alpha value is -2.43. The molecule has 0 bridgehead atoms. The first-order valence-corrected chi connectivity index (χ1v) is 24.1. The van der Waals surface area contributed by atoms with E-state index in [2.05, 4.69) is 10.6 Å². The number of rotatable bonds is 17. The lowest BCUT2D eigenvalue weighted by atomic mass is 9.77. The third kappa shape index (κ3) is 16.3. The average Bonchev–Trinajstić information content (AvgIpc) is 3.25. The summed E-state index contributed by atoms with van der Waals surface area (Å²) >= 11 is 5.42. The quantitative estimate of drug-likeness (QED) is 0.0516. The van der Waals surface area contributed by atoms with Gasteiger partial charge in [0, 0.05) is 56.7 Å². The topological polar surface area (TPSA) is 221 Å². The number of carbonyl (C=O) groups excluding carboxylic acids is 2. The van der Waals surface area contributed by atoms with Gasteiger partial charge in [0.2, 0.25) is 0 Å². The largest absolute Gasteiger partial charge is 0.459 e. The average molecular weight is 957 g/mol. The number of carbonyl (C=O) groups is 2. The minimum absolute atomic E-state index is 0.146. The Labute approximate surface area is 399 Å². The Morgan fingerprint density at radius 3 is 2.32 bits per heavy atom. The van der Waals surface area contributed by atoms with Crippen molar-refractivity contribution in [3.63, 3.8) is 0 Å². The number of amides is 1. The normalized spacial score (nSPS) is 35.8. The standard InChI is InChI=1S/C48H84N4O13S/c1-14-37-48(10,59)41(55)32(6)52(23-18-22-49-46(66)50-43(56)35-19-16-15-17-20-35)27-28(2)26-47(9,58)42(65-45-39(54)36(51(11)12)25-29(3)61-45)30(4)40(31(5)44(57)63-37)64-38(21-24-60-13)62-34(8)33(7)53/h15-17,19-20,28-34,36-42,45,53-55,58-59H,14,18,21-27H2,1-13H3,(H2,49,50,56,66)/t28-,29-,30+,31-,32-,33-,34+,36+,37-,38+,39-,40+,41-,42-,45+,47-,48-/m1/s1. The molecule has 0 aromatic heterocycles. The van der Waals surface area contributed by atoms with Crippen molar-refractivity contribution < 1.29 is 63.5 Å². The number of hydrogen-bond donors (Lipinski definition) is 7. The Balaban J connectivity index is 2.09. The molecule has 7 N–H and O–H groups in total. The smallest absolute Gasteiger partial charge is 0.311 e. The van der Waals surface area contributed by atoms with Crippen molar-refractivity contribution in [1.29, 1.82) is 0 Å². The number of benzene rings is 1.